The first-order chi connectivity index (χ1) is 10.9. The molecule has 0 aliphatic heterocycles. The van der Waals surface area contributed by atoms with Crippen LogP contribution in [0.25, 0.3) is 26.7 Å². The highest BCUT2D eigenvalue weighted by atomic mass is 32.1. The maximum Gasteiger partial charge on any atom is 0.0840 e. The molecule has 2 aromatic carbocycles. The molecule has 2 nitrogen and oxygen atoms in total. The Morgan fingerprint density at radius 2 is 1.36 bits per heavy atom. The third-order valence-electron chi connectivity index (χ3n) is 3.56. The first-order valence-electron chi connectivity index (χ1n) is 7.17. The van der Waals surface area contributed by atoms with E-state index < -0.39 is 0 Å². The van der Waals surface area contributed by atoms with Gasteiger partial charge in [-0.25, -0.2) is 4.68 Å². The minimum atomic E-state index is 1.08. The lowest BCUT2D eigenvalue weighted by Gasteiger charge is -2.05. The van der Waals surface area contributed by atoms with Crippen LogP contribution < -0.4 is 0 Å². The summed E-state index contributed by atoms with van der Waals surface area (Å²) in [6.45, 7) is 0. The summed E-state index contributed by atoms with van der Waals surface area (Å²) in [4.78, 5) is 2.50. The average molecular weight is 302 g/mol. The SMILES string of the molecule is c1ccc(-c2ccc(-c3ccnn3-c3ccccc3)s2)cc1. The van der Waals surface area contributed by atoms with Crippen LogP contribution in [0.1, 0.15) is 0 Å². The predicted octanol–water partition coefficient (Wildman–Crippen LogP) is 5.27. The summed E-state index contributed by atoms with van der Waals surface area (Å²) >= 11 is 1.79. The van der Waals surface area contributed by atoms with Gasteiger partial charge in [0.25, 0.3) is 0 Å². The lowest BCUT2D eigenvalue weighted by atomic mass is 10.2. The Kier molecular flexibility index (Phi) is 3.33. The fourth-order valence-electron chi connectivity index (χ4n) is 2.50. The van der Waals surface area contributed by atoms with Gasteiger partial charge in [-0.1, -0.05) is 48.5 Å². The summed E-state index contributed by atoms with van der Waals surface area (Å²) in [5, 5.41) is 4.47. The van der Waals surface area contributed by atoms with Crippen molar-refractivity contribution in [1.29, 1.82) is 0 Å². The lowest BCUT2D eigenvalue weighted by molar-refractivity contribution is 0.890. The highest BCUT2D eigenvalue weighted by molar-refractivity contribution is 7.18. The topological polar surface area (TPSA) is 17.8 Å². The molecule has 0 N–H and O–H groups in total. The van der Waals surface area contributed by atoms with E-state index in [4.69, 9.17) is 0 Å². The van der Waals surface area contributed by atoms with Crippen molar-refractivity contribution in [2.75, 3.05) is 0 Å². The van der Waals surface area contributed by atoms with Gasteiger partial charge in [0.1, 0.15) is 0 Å². The first kappa shape index (κ1) is 13.0. The Bertz CT molecular complexity index is 876. The zero-order valence-electron chi connectivity index (χ0n) is 11.9. The molecule has 0 amide bonds. The molecule has 22 heavy (non-hydrogen) atoms. The Labute approximate surface area is 133 Å². The van der Waals surface area contributed by atoms with E-state index in [1.54, 1.807) is 11.3 Å². The van der Waals surface area contributed by atoms with Crippen LogP contribution in [-0.2, 0) is 0 Å². The van der Waals surface area contributed by atoms with Crippen LogP contribution in [0.2, 0.25) is 0 Å². The van der Waals surface area contributed by atoms with Gasteiger partial charge < -0.3 is 0 Å². The second kappa shape index (κ2) is 5.62. The third kappa shape index (κ3) is 2.36. The highest BCUT2D eigenvalue weighted by Crippen LogP contribution is 2.34. The molecule has 0 aliphatic carbocycles. The van der Waals surface area contributed by atoms with E-state index in [-0.39, 0.29) is 0 Å². The van der Waals surface area contributed by atoms with Crippen molar-refractivity contribution >= 4 is 11.3 Å². The number of hydrogen-bond donors (Lipinski definition) is 0. The molecular weight excluding hydrogens is 288 g/mol. The van der Waals surface area contributed by atoms with Crippen LogP contribution in [0.15, 0.2) is 85.1 Å². The molecular formula is C19H14N2S. The van der Waals surface area contributed by atoms with Crippen molar-refractivity contribution in [3.63, 3.8) is 0 Å². The summed E-state index contributed by atoms with van der Waals surface area (Å²) in [5.41, 5.74) is 3.46. The summed E-state index contributed by atoms with van der Waals surface area (Å²) in [5.74, 6) is 0. The van der Waals surface area contributed by atoms with Gasteiger partial charge in [-0.05, 0) is 35.9 Å². The van der Waals surface area contributed by atoms with E-state index in [9.17, 15) is 0 Å². The number of aromatic nitrogens is 2. The van der Waals surface area contributed by atoms with Crippen LogP contribution in [0.3, 0.4) is 0 Å². The molecule has 0 atom stereocenters. The molecule has 0 aliphatic rings. The second-order valence-corrected chi connectivity index (χ2v) is 6.08. The molecule has 2 heterocycles. The highest BCUT2D eigenvalue weighted by Gasteiger charge is 2.10. The van der Waals surface area contributed by atoms with E-state index in [1.165, 1.54) is 15.3 Å². The fraction of sp³-hybridized carbons (Fsp3) is 0. The molecule has 0 radical (unpaired) electrons. The standard InChI is InChI=1S/C19H14N2S/c1-3-7-15(8-4-1)18-11-12-19(22-18)17-13-14-20-21(17)16-9-5-2-6-10-16/h1-14H. The third-order valence-corrected chi connectivity index (χ3v) is 4.72. The molecule has 0 saturated heterocycles. The van der Waals surface area contributed by atoms with Crippen LogP contribution in [0.4, 0.5) is 0 Å². The molecule has 3 heteroatoms. The quantitative estimate of drug-likeness (QED) is 0.504. The number of para-hydroxylation sites is 1. The summed E-state index contributed by atoms with van der Waals surface area (Å²) in [7, 11) is 0. The van der Waals surface area contributed by atoms with E-state index in [1.807, 2.05) is 35.1 Å². The minimum absolute atomic E-state index is 1.08. The maximum atomic E-state index is 4.47. The van der Waals surface area contributed by atoms with Gasteiger partial charge in [-0.2, -0.15) is 5.10 Å². The van der Waals surface area contributed by atoms with Crippen molar-refractivity contribution in [3.8, 4) is 26.7 Å². The molecule has 4 aromatic rings. The molecule has 0 saturated carbocycles. The number of thiophene rings is 1. The normalized spacial score (nSPS) is 10.7. The zero-order chi connectivity index (χ0) is 14.8. The van der Waals surface area contributed by atoms with Crippen molar-refractivity contribution in [1.82, 2.24) is 9.78 Å². The number of rotatable bonds is 3. The smallest absolute Gasteiger partial charge is 0.0840 e. The van der Waals surface area contributed by atoms with Crippen LogP contribution in [0, 0.1) is 0 Å². The largest absolute Gasteiger partial charge is 0.232 e. The fourth-order valence-corrected chi connectivity index (χ4v) is 3.52. The lowest BCUT2D eigenvalue weighted by Crippen LogP contribution is -1.97. The van der Waals surface area contributed by atoms with E-state index in [2.05, 4.69) is 59.7 Å². The molecule has 106 valence electrons. The Morgan fingerprint density at radius 3 is 2.14 bits per heavy atom. The summed E-state index contributed by atoms with van der Waals surface area (Å²) in [6, 6.07) is 27.1. The van der Waals surface area contributed by atoms with E-state index in [0.717, 1.165) is 11.4 Å². The van der Waals surface area contributed by atoms with Gasteiger partial charge in [0.15, 0.2) is 0 Å². The molecule has 0 spiro atoms. The Hall–Kier alpha value is -2.65. The van der Waals surface area contributed by atoms with Crippen LogP contribution in [0.5, 0.6) is 0 Å². The van der Waals surface area contributed by atoms with Crippen molar-refractivity contribution in [2.24, 2.45) is 0 Å². The van der Waals surface area contributed by atoms with Gasteiger partial charge in [-0.3, -0.25) is 0 Å². The average Bonchev–Trinajstić information content (AvgIpc) is 3.25. The van der Waals surface area contributed by atoms with Crippen LogP contribution in [-0.4, -0.2) is 9.78 Å². The zero-order valence-corrected chi connectivity index (χ0v) is 12.7. The molecule has 2 aromatic heterocycles. The van der Waals surface area contributed by atoms with Crippen molar-refractivity contribution in [2.45, 2.75) is 0 Å². The maximum absolute atomic E-state index is 4.47. The molecule has 4 rings (SSSR count). The molecule has 0 bridgehead atoms. The second-order valence-electron chi connectivity index (χ2n) is 4.99. The molecule has 0 unspecified atom stereocenters. The number of benzene rings is 2. The summed E-state index contributed by atoms with van der Waals surface area (Å²) in [6.07, 6.45) is 1.85. The van der Waals surface area contributed by atoms with Crippen molar-refractivity contribution in [3.05, 3.63) is 85.1 Å². The molecule has 0 fully saturated rings. The van der Waals surface area contributed by atoms with Gasteiger partial charge in [-0.15, -0.1) is 11.3 Å². The Morgan fingerprint density at radius 1 is 0.682 bits per heavy atom. The number of nitrogens with zero attached hydrogens (tertiary/aromatic N) is 2. The van der Waals surface area contributed by atoms with Crippen molar-refractivity contribution < 1.29 is 0 Å². The monoisotopic (exact) mass is 302 g/mol. The van der Waals surface area contributed by atoms with Gasteiger partial charge in [0.2, 0.25) is 0 Å². The predicted molar refractivity (Wildman–Crippen MR) is 92.3 cm³/mol. The van der Waals surface area contributed by atoms with Crippen LogP contribution >= 0.6 is 11.3 Å². The van der Waals surface area contributed by atoms with Gasteiger partial charge in [0, 0.05) is 4.88 Å². The number of hydrogen-bond acceptors (Lipinski definition) is 2. The van der Waals surface area contributed by atoms with E-state index in [0.29, 0.717) is 0 Å². The first-order valence-corrected chi connectivity index (χ1v) is 7.98. The van der Waals surface area contributed by atoms with Gasteiger partial charge in [0.05, 0.1) is 22.5 Å². The van der Waals surface area contributed by atoms with Gasteiger partial charge >= 0.3 is 0 Å². The minimum Gasteiger partial charge on any atom is -0.232 e. The van der Waals surface area contributed by atoms with E-state index >= 15 is 0 Å². The Balaban J connectivity index is 1.76. The summed E-state index contributed by atoms with van der Waals surface area (Å²) < 4.78 is 1.99.